The van der Waals surface area contributed by atoms with Gasteiger partial charge in [-0.2, -0.15) is 0 Å². The molecule has 0 aliphatic carbocycles. The monoisotopic (exact) mass is 318 g/mol. The highest BCUT2D eigenvalue weighted by molar-refractivity contribution is 14.1. The van der Waals surface area contributed by atoms with Crippen molar-refractivity contribution in [3.05, 3.63) is 21.0 Å². The Bertz CT molecular complexity index is 320. The summed E-state index contributed by atoms with van der Waals surface area (Å²) < 4.78 is 25.2. The average Bonchev–Trinajstić information content (AvgIpc) is 2.02. The Balaban J connectivity index is 3.29. The molecule has 13 heavy (non-hydrogen) atoms. The summed E-state index contributed by atoms with van der Waals surface area (Å²) in [5.41, 5.74) is 5.68. The minimum Gasteiger partial charge on any atom is -0.398 e. The number of alkyl halides is 3. The van der Waals surface area contributed by atoms with E-state index in [-0.39, 0.29) is 22.8 Å². The summed E-state index contributed by atoms with van der Waals surface area (Å²) in [6.45, 7) is 0. The highest BCUT2D eigenvalue weighted by atomic mass is 127. The molecule has 0 aliphatic heterocycles. The normalized spacial score (nSPS) is 10.8. The molecule has 6 heteroatoms. The summed E-state index contributed by atoms with van der Waals surface area (Å²) in [5, 5.41) is 0. The van der Waals surface area contributed by atoms with Gasteiger partial charge >= 0.3 is 0 Å². The van der Waals surface area contributed by atoms with Crippen molar-refractivity contribution in [2.24, 2.45) is 0 Å². The topological polar surface area (TPSA) is 38.9 Å². The second kappa shape index (κ2) is 4.36. The largest absolute Gasteiger partial charge is 0.398 e. The summed E-state index contributed by atoms with van der Waals surface area (Å²) in [6.07, 6.45) is -2.63. The van der Waals surface area contributed by atoms with E-state index >= 15 is 0 Å². The Morgan fingerprint density at radius 1 is 1.62 bits per heavy atom. The van der Waals surface area contributed by atoms with Gasteiger partial charge in [0.05, 0.1) is 5.88 Å². The molecule has 0 aromatic carbocycles. The first-order valence-electron chi connectivity index (χ1n) is 3.35. The first kappa shape index (κ1) is 10.9. The van der Waals surface area contributed by atoms with Gasteiger partial charge in [0.25, 0.3) is 6.43 Å². The number of aromatic nitrogens is 1. The minimum absolute atomic E-state index is 0.0462. The van der Waals surface area contributed by atoms with Gasteiger partial charge < -0.3 is 5.73 Å². The van der Waals surface area contributed by atoms with Crippen molar-refractivity contribution in [1.29, 1.82) is 0 Å². The van der Waals surface area contributed by atoms with Crippen LogP contribution in [0.15, 0.2) is 6.07 Å². The van der Waals surface area contributed by atoms with E-state index in [1.807, 2.05) is 22.6 Å². The van der Waals surface area contributed by atoms with E-state index in [0.717, 1.165) is 0 Å². The van der Waals surface area contributed by atoms with Gasteiger partial charge in [0, 0.05) is 11.3 Å². The fourth-order valence-electron chi connectivity index (χ4n) is 0.904. The van der Waals surface area contributed by atoms with Crippen molar-refractivity contribution in [3.8, 4) is 0 Å². The molecule has 0 saturated carbocycles. The third-order valence-electron chi connectivity index (χ3n) is 1.50. The molecular formula is C7H6ClF2IN2. The second-order valence-corrected chi connectivity index (χ2v) is 3.70. The molecule has 1 aromatic rings. The minimum atomic E-state index is -2.63. The first-order valence-corrected chi connectivity index (χ1v) is 4.96. The molecule has 0 aliphatic rings. The van der Waals surface area contributed by atoms with Gasteiger partial charge in [0.2, 0.25) is 0 Å². The van der Waals surface area contributed by atoms with Gasteiger partial charge in [-0.25, -0.2) is 13.8 Å². The molecule has 0 fully saturated rings. The van der Waals surface area contributed by atoms with Crippen LogP contribution in [0.3, 0.4) is 0 Å². The van der Waals surface area contributed by atoms with Gasteiger partial charge in [0.15, 0.2) is 0 Å². The number of nitrogens with zero attached hydrogens (tertiary/aromatic N) is 1. The number of rotatable bonds is 2. The highest BCUT2D eigenvalue weighted by Crippen LogP contribution is 2.27. The summed E-state index contributed by atoms with van der Waals surface area (Å²) in [7, 11) is 0. The van der Waals surface area contributed by atoms with E-state index in [4.69, 9.17) is 17.3 Å². The lowest BCUT2D eigenvalue weighted by molar-refractivity contribution is 0.145. The van der Waals surface area contributed by atoms with Gasteiger partial charge in [-0.1, -0.05) is 0 Å². The van der Waals surface area contributed by atoms with Crippen molar-refractivity contribution in [2.45, 2.75) is 12.3 Å². The Kier molecular flexibility index (Phi) is 3.66. The fraction of sp³-hybridized carbons (Fsp3) is 0.286. The third-order valence-corrected chi connectivity index (χ3v) is 2.32. The van der Waals surface area contributed by atoms with Crippen LogP contribution in [0.5, 0.6) is 0 Å². The number of nitrogen functional groups attached to an aromatic ring is 1. The Morgan fingerprint density at radius 2 is 2.23 bits per heavy atom. The van der Waals surface area contributed by atoms with Crippen LogP contribution >= 0.6 is 34.2 Å². The summed E-state index contributed by atoms with van der Waals surface area (Å²) in [5.74, 6) is -0.0462. The third kappa shape index (κ3) is 2.40. The van der Waals surface area contributed by atoms with Crippen molar-refractivity contribution in [2.75, 3.05) is 5.73 Å². The van der Waals surface area contributed by atoms with E-state index in [0.29, 0.717) is 3.70 Å². The summed E-state index contributed by atoms with van der Waals surface area (Å²) in [4.78, 5) is 3.68. The van der Waals surface area contributed by atoms with Crippen LogP contribution in [0.4, 0.5) is 14.5 Å². The van der Waals surface area contributed by atoms with Crippen LogP contribution in [0, 0.1) is 3.70 Å². The predicted octanol–water partition coefficient (Wildman–Crippen LogP) is 2.94. The second-order valence-electron chi connectivity index (χ2n) is 2.33. The number of pyridine rings is 1. The average molecular weight is 318 g/mol. The molecule has 0 atom stereocenters. The van der Waals surface area contributed by atoms with Gasteiger partial charge in [-0.3, -0.25) is 0 Å². The number of anilines is 1. The van der Waals surface area contributed by atoms with Crippen molar-refractivity contribution in [1.82, 2.24) is 4.98 Å². The lowest BCUT2D eigenvalue weighted by Gasteiger charge is -2.08. The van der Waals surface area contributed by atoms with Crippen molar-refractivity contribution < 1.29 is 8.78 Å². The SMILES string of the molecule is Nc1cc(I)nc(C(F)F)c1CCl. The molecule has 1 rings (SSSR count). The zero-order chi connectivity index (χ0) is 10.0. The van der Waals surface area contributed by atoms with Crippen LogP contribution in [-0.2, 0) is 5.88 Å². The van der Waals surface area contributed by atoms with Crippen molar-refractivity contribution >= 4 is 39.9 Å². The van der Waals surface area contributed by atoms with E-state index in [1.54, 1.807) is 0 Å². The van der Waals surface area contributed by atoms with E-state index in [1.165, 1.54) is 6.07 Å². The van der Waals surface area contributed by atoms with Crippen LogP contribution < -0.4 is 5.73 Å². The first-order chi connectivity index (χ1) is 6.06. The Hall–Kier alpha value is -0.170. The fourth-order valence-corrected chi connectivity index (χ4v) is 1.79. The molecule has 0 unspecified atom stereocenters. The maximum Gasteiger partial charge on any atom is 0.280 e. The lowest BCUT2D eigenvalue weighted by atomic mass is 10.2. The number of hydrogen-bond donors (Lipinski definition) is 1. The molecule has 72 valence electrons. The van der Waals surface area contributed by atoms with Crippen molar-refractivity contribution in [3.63, 3.8) is 0 Å². The zero-order valence-electron chi connectivity index (χ0n) is 6.40. The van der Waals surface area contributed by atoms with Crippen LogP contribution in [0.25, 0.3) is 0 Å². The number of hydrogen-bond acceptors (Lipinski definition) is 2. The summed E-state index contributed by atoms with van der Waals surface area (Å²) in [6, 6.07) is 1.52. The standard InChI is InChI=1S/C7H6ClF2IN2/c8-2-3-4(12)1-5(11)13-6(3)7(9)10/h1,7H,2H2,(H2,12,13). The van der Waals surface area contributed by atoms with Crippen LogP contribution in [0.2, 0.25) is 0 Å². The summed E-state index contributed by atoms with van der Waals surface area (Å²) >= 11 is 7.31. The molecule has 0 saturated heterocycles. The molecule has 0 spiro atoms. The smallest absolute Gasteiger partial charge is 0.280 e. The van der Waals surface area contributed by atoms with Crippen LogP contribution in [0.1, 0.15) is 17.7 Å². The maximum atomic E-state index is 12.4. The molecule has 1 heterocycles. The van der Waals surface area contributed by atoms with Gasteiger partial charge in [0.1, 0.15) is 9.39 Å². The maximum absolute atomic E-state index is 12.4. The molecule has 0 bridgehead atoms. The number of halogens is 4. The molecule has 1 aromatic heterocycles. The van der Waals surface area contributed by atoms with Gasteiger partial charge in [-0.05, 0) is 28.7 Å². The molecule has 0 radical (unpaired) electrons. The lowest BCUT2D eigenvalue weighted by Crippen LogP contribution is -2.03. The molecule has 2 nitrogen and oxygen atoms in total. The van der Waals surface area contributed by atoms with Crippen LogP contribution in [-0.4, -0.2) is 4.98 Å². The van der Waals surface area contributed by atoms with E-state index in [2.05, 4.69) is 4.98 Å². The molecule has 2 N–H and O–H groups in total. The number of nitrogens with two attached hydrogens (primary N) is 1. The van der Waals surface area contributed by atoms with E-state index in [9.17, 15) is 8.78 Å². The Labute approximate surface area is 92.6 Å². The molecule has 0 amide bonds. The zero-order valence-corrected chi connectivity index (χ0v) is 9.31. The highest BCUT2D eigenvalue weighted by Gasteiger charge is 2.17. The quantitative estimate of drug-likeness (QED) is 0.517. The Morgan fingerprint density at radius 3 is 2.69 bits per heavy atom. The predicted molar refractivity (Wildman–Crippen MR) is 55.9 cm³/mol. The van der Waals surface area contributed by atoms with E-state index < -0.39 is 6.43 Å². The van der Waals surface area contributed by atoms with Gasteiger partial charge in [-0.15, -0.1) is 11.6 Å². The molecular weight excluding hydrogens is 312 g/mol.